The first-order valence-electron chi connectivity index (χ1n) is 5.00. The van der Waals surface area contributed by atoms with Gasteiger partial charge in [-0.05, 0) is 25.7 Å². The topological polar surface area (TPSA) is 37.3 Å². The summed E-state index contributed by atoms with van der Waals surface area (Å²) in [5, 5.41) is 9.74. The minimum Gasteiger partial charge on any atom is -0.388 e. The summed E-state index contributed by atoms with van der Waals surface area (Å²) in [6.45, 7) is 5.50. The van der Waals surface area contributed by atoms with Crippen LogP contribution in [0.1, 0.15) is 26.2 Å². The van der Waals surface area contributed by atoms with Crippen molar-refractivity contribution in [1.82, 2.24) is 0 Å². The van der Waals surface area contributed by atoms with Gasteiger partial charge in [0.05, 0.1) is 12.0 Å². The number of aliphatic hydroxyl groups is 1. The molecule has 1 N–H and O–H groups in total. The van der Waals surface area contributed by atoms with Crippen LogP contribution in [0.3, 0.4) is 0 Å². The normalized spacial score (nSPS) is 39.5. The Balaban J connectivity index is 2.09. The molecule has 0 radical (unpaired) electrons. The highest BCUT2D eigenvalue weighted by atomic mass is 16.3. The Morgan fingerprint density at radius 3 is 2.92 bits per heavy atom. The van der Waals surface area contributed by atoms with E-state index in [9.17, 15) is 9.90 Å². The van der Waals surface area contributed by atoms with Crippen molar-refractivity contribution in [3.05, 3.63) is 12.2 Å². The van der Waals surface area contributed by atoms with Crippen molar-refractivity contribution in [2.45, 2.75) is 32.3 Å². The summed E-state index contributed by atoms with van der Waals surface area (Å²) in [4.78, 5) is 11.6. The predicted octanol–water partition coefficient (Wildman–Crippen LogP) is 1.54. The molecule has 2 fully saturated rings. The van der Waals surface area contributed by atoms with Crippen molar-refractivity contribution < 1.29 is 9.90 Å². The lowest BCUT2D eigenvalue weighted by molar-refractivity contribution is -0.146. The molecular weight excluding hydrogens is 164 g/mol. The van der Waals surface area contributed by atoms with Gasteiger partial charge >= 0.3 is 0 Å². The number of hydrogen-bond acceptors (Lipinski definition) is 2. The second-order valence-electron chi connectivity index (χ2n) is 4.42. The smallest absolute Gasteiger partial charge is 0.142 e. The summed E-state index contributed by atoms with van der Waals surface area (Å²) in [6, 6.07) is 0. The summed E-state index contributed by atoms with van der Waals surface area (Å²) in [6.07, 6.45) is 2.72. The minimum atomic E-state index is -0.591. The molecule has 0 aromatic rings. The van der Waals surface area contributed by atoms with Gasteiger partial charge in [0.15, 0.2) is 0 Å². The van der Waals surface area contributed by atoms with E-state index in [2.05, 4.69) is 6.58 Å². The first-order chi connectivity index (χ1) is 6.13. The maximum Gasteiger partial charge on any atom is 0.142 e. The average molecular weight is 180 g/mol. The van der Waals surface area contributed by atoms with Crippen LogP contribution in [0.5, 0.6) is 0 Å². The molecule has 13 heavy (non-hydrogen) atoms. The van der Waals surface area contributed by atoms with Crippen LogP contribution in [0.25, 0.3) is 0 Å². The van der Waals surface area contributed by atoms with Crippen LogP contribution in [0.2, 0.25) is 0 Å². The third-order valence-corrected chi connectivity index (χ3v) is 3.57. The Kier molecular flexibility index (Phi) is 2.03. The zero-order valence-electron chi connectivity index (χ0n) is 7.99. The first kappa shape index (κ1) is 8.95. The third kappa shape index (κ3) is 1.16. The summed E-state index contributed by atoms with van der Waals surface area (Å²) < 4.78 is 0. The molecule has 0 heterocycles. The molecule has 2 aliphatic carbocycles. The fraction of sp³-hybridized carbons (Fsp3) is 0.727. The van der Waals surface area contributed by atoms with Crippen LogP contribution >= 0.6 is 0 Å². The van der Waals surface area contributed by atoms with Crippen molar-refractivity contribution in [3.63, 3.8) is 0 Å². The van der Waals surface area contributed by atoms with Crippen molar-refractivity contribution in [3.8, 4) is 0 Å². The second kappa shape index (κ2) is 2.95. The van der Waals surface area contributed by atoms with E-state index >= 15 is 0 Å². The summed E-state index contributed by atoms with van der Waals surface area (Å²) in [7, 11) is 0. The Bertz CT molecular complexity index is 257. The van der Waals surface area contributed by atoms with E-state index in [-0.39, 0.29) is 17.6 Å². The van der Waals surface area contributed by atoms with Gasteiger partial charge in [0.1, 0.15) is 5.78 Å². The molecule has 72 valence electrons. The molecule has 2 nitrogen and oxygen atoms in total. The monoisotopic (exact) mass is 180 g/mol. The quantitative estimate of drug-likeness (QED) is 0.654. The van der Waals surface area contributed by atoms with E-state index in [1.807, 2.05) is 0 Å². The molecule has 2 heteroatoms. The summed E-state index contributed by atoms with van der Waals surface area (Å²) in [5.74, 6) is 0.890. The highest BCUT2D eigenvalue weighted by Crippen LogP contribution is 2.50. The Hall–Kier alpha value is -0.630. The van der Waals surface area contributed by atoms with Gasteiger partial charge in [-0.1, -0.05) is 18.6 Å². The number of ketones is 1. The molecule has 2 rings (SSSR count). The predicted molar refractivity (Wildman–Crippen MR) is 50.1 cm³/mol. The van der Waals surface area contributed by atoms with Gasteiger partial charge in [0.2, 0.25) is 0 Å². The van der Waals surface area contributed by atoms with E-state index in [1.54, 1.807) is 6.92 Å². The molecule has 0 amide bonds. The Labute approximate surface area is 78.6 Å². The molecule has 0 spiro atoms. The summed E-state index contributed by atoms with van der Waals surface area (Å²) >= 11 is 0. The van der Waals surface area contributed by atoms with Gasteiger partial charge in [-0.2, -0.15) is 0 Å². The number of rotatable bonds is 2. The van der Waals surface area contributed by atoms with Crippen LogP contribution < -0.4 is 0 Å². The van der Waals surface area contributed by atoms with Crippen molar-refractivity contribution in [1.29, 1.82) is 0 Å². The molecule has 0 aromatic heterocycles. The lowest BCUT2D eigenvalue weighted by Crippen LogP contribution is -2.50. The number of Topliss-reactive ketones (excluding diaryl/α,β-unsaturated/α-hetero) is 1. The number of hydrogen-bond donors (Lipinski definition) is 1. The molecule has 0 aromatic carbocycles. The van der Waals surface area contributed by atoms with E-state index in [0.29, 0.717) is 5.92 Å². The van der Waals surface area contributed by atoms with Gasteiger partial charge in [0, 0.05) is 5.92 Å². The third-order valence-electron chi connectivity index (χ3n) is 3.57. The summed E-state index contributed by atoms with van der Waals surface area (Å²) in [5.41, 5.74) is 0.726. The van der Waals surface area contributed by atoms with Crippen LogP contribution in [0.4, 0.5) is 0 Å². The lowest BCUT2D eigenvalue weighted by atomic mass is 9.62. The van der Waals surface area contributed by atoms with Gasteiger partial charge in [-0.25, -0.2) is 0 Å². The first-order valence-corrected chi connectivity index (χ1v) is 5.00. The molecule has 2 saturated carbocycles. The van der Waals surface area contributed by atoms with Crippen LogP contribution in [-0.4, -0.2) is 17.0 Å². The molecule has 0 aliphatic heterocycles. The molecule has 2 aliphatic rings. The highest BCUT2D eigenvalue weighted by Gasteiger charge is 2.54. The maximum absolute atomic E-state index is 11.6. The minimum absolute atomic E-state index is 0.120. The zero-order chi connectivity index (χ0) is 9.59. The Morgan fingerprint density at radius 2 is 2.31 bits per heavy atom. The number of carbonyl (C=O) groups excluding carboxylic acids is 1. The van der Waals surface area contributed by atoms with Gasteiger partial charge in [-0.3, -0.25) is 4.79 Å². The highest BCUT2D eigenvalue weighted by molar-refractivity contribution is 5.91. The SMILES string of the molecule is C=C(C)[C@H](O)[C@H]1C(=O)[C@@H]2CCC[C@H]12. The molecule has 4 atom stereocenters. The fourth-order valence-electron chi connectivity index (χ4n) is 2.81. The lowest BCUT2D eigenvalue weighted by Gasteiger charge is -2.41. The van der Waals surface area contributed by atoms with E-state index in [4.69, 9.17) is 0 Å². The number of carbonyl (C=O) groups is 1. The Morgan fingerprint density at radius 1 is 1.62 bits per heavy atom. The van der Waals surface area contributed by atoms with E-state index in [1.165, 1.54) is 0 Å². The zero-order valence-corrected chi connectivity index (χ0v) is 7.99. The van der Waals surface area contributed by atoms with Crippen LogP contribution in [0.15, 0.2) is 12.2 Å². The fourth-order valence-corrected chi connectivity index (χ4v) is 2.81. The molecule has 0 saturated heterocycles. The van der Waals surface area contributed by atoms with Crippen LogP contribution in [-0.2, 0) is 4.79 Å². The second-order valence-corrected chi connectivity index (χ2v) is 4.42. The standard InChI is InChI=1S/C11H16O2/c1-6(2)10(12)9-7-4-3-5-8(7)11(9)13/h7-10,12H,1,3-5H2,2H3/t7-,8+,9-,10-/m0/s1. The molecular formula is C11H16O2. The van der Waals surface area contributed by atoms with Gasteiger partial charge in [0.25, 0.3) is 0 Å². The van der Waals surface area contributed by atoms with Crippen molar-refractivity contribution >= 4 is 5.78 Å². The average Bonchev–Trinajstić information content (AvgIpc) is 2.48. The van der Waals surface area contributed by atoms with Crippen molar-refractivity contribution in [2.75, 3.05) is 0 Å². The van der Waals surface area contributed by atoms with E-state index < -0.39 is 6.10 Å². The van der Waals surface area contributed by atoms with E-state index in [0.717, 1.165) is 24.8 Å². The largest absolute Gasteiger partial charge is 0.388 e. The van der Waals surface area contributed by atoms with Crippen LogP contribution in [0, 0.1) is 17.8 Å². The van der Waals surface area contributed by atoms with Gasteiger partial charge < -0.3 is 5.11 Å². The number of fused-ring (bicyclic) bond motifs is 1. The number of aliphatic hydroxyl groups excluding tert-OH is 1. The molecule has 0 unspecified atom stereocenters. The van der Waals surface area contributed by atoms with Gasteiger partial charge in [-0.15, -0.1) is 0 Å². The molecule has 0 bridgehead atoms. The van der Waals surface area contributed by atoms with Crippen molar-refractivity contribution in [2.24, 2.45) is 17.8 Å². The maximum atomic E-state index is 11.6.